The molecule has 98 valence electrons. The molecule has 3 rings (SSSR count). The number of benzene rings is 1. The second-order valence-corrected chi connectivity index (χ2v) is 4.94. The normalized spacial score (nSPS) is 24.1. The molecule has 1 unspecified atom stereocenters. The molecule has 4 heteroatoms. The van der Waals surface area contributed by atoms with Crippen LogP contribution in [-0.4, -0.2) is 57.4 Å². The molecule has 0 saturated carbocycles. The Hall–Kier alpha value is -1.26. The van der Waals surface area contributed by atoms with E-state index in [0.717, 1.165) is 45.1 Å². The van der Waals surface area contributed by atoms with E-state index in [1.54, 1.807) is 7.11 Å². The Morgan fingerprint density at radius 2 is 1.83 bits per heavy atom. The monoisotopic (exact) mass is 248 g/mol. The average Bonchev–Trinajstić information content (AvgIpc) is 3.24. The van der Waals surface area contributed by atoms with E-state index in [1.165, 1.54) is 5.69 Å². The number of ether oxygens (including phenoxy) is 2. The minimum atomic E-state index is 0.512. The number of nitrogens with zero attached hydrogens (tertiary/aromatic N) is 2. The number of rotatable bonds is 4. The van der Waals surface area contributed by atoms with E-state index in [1.807, 2.05) is 12.1 Å². The fourth-order valence-corrected chi connectivity index (χ4v) is 2.44. The highest BCUT2D eigenvalue weighted by Gasteiger charge is 2.27. The maximum Gasteiger partial charge on any atom is 0.119 e. The summed E-state index contributed by atoms with van der Waals surface area (Å²) in [6.45, 7) is 6.52. The Kier molecular flexibility index (Phi) is 3.39. The Morgan fingerprint density at radius 3 is 2.39 bits per heavy atom. The van der Waals surface area contributed by atoms with Crippen molar-refractivity contribution in [2.45, 2.75) is 6.10 Å². The van der Waals surface area contributed by atoms with Crippen molar-refractivity contribution in [3.05, 3.63) is 24.3 Å². The molecule has 4 nitrogen and oxygen atoms in total. The highest BCUT2D eigenvalue weighted by molar-refractivity contribution is 5.49. The third-order valence-corrected chi connectivity index (χ3v) is 3.67. The summed E-state index contributed by atoms with van der Waals surface area (Å²) in [6.07, 6.45) is 0.512. The van der Waals surface area contributed by atoms with Crippen molar-refractivity contribution >= 4 is 5.69 Å². The molecule has 0 bridgehead atoms. The lowest BCUT2D eigenvalue weighted by atomic mass is 10.2. The van der Waals surface area contributed by atoms with Gasteiger partial charge in [-0.05, 0) is 24.3 Å². The summed E-state index contributed by atoms with van der Waals surface area (Å²) < 4.78 is 10.5. The van der Waals surface area contributed by atoms with Crippen LogP contribution in [0.4, 0.5) is 5.69 Å². The number of piperazine rings is 1. The number of epoxide rings is 1. The highest BCUT2D eigenvalue weighted by atomic mass is 16.6. The van der Waals surface area contributed by atoms with Crippen LogP contribution in [0.2, 0.25) is 0 Å². The van der Waals surface area contributed by atoms with Gasteiger partial charge in [-0.1, -0.05) is 0 Å². The van der Waals surface area contributed by atoms with Gasteiger partial charge >= 0.3 is 0 Å². The fraction of sp³-hybridized carbons (Fsp3) is 0.571. The molecule has 1 aromatic carbocycles. The zero-order valence-corrected chi connectivity index (χ0v) is 10.8. The van der Waals surface area contributed by atoms with E-state index in [0.29, 0.717) is 6.10 Å². The van der Waals surface area contributed by atoms with Gasteiger partial charge in [-0.3, -0.25) is 4.90 Å². The van der Waals surface area contributed by atoms with Crippen LogP contribution in [0.3, 0.4) is 0 Å². The lowest BCUT2D eigenvalue weighted by Crippen LogP contribution is -2.47. The number of hydrogen-bond acceptors (Lipinski definition) is 4. The quantitative estimate of drug-likeness (QED) is 0.749. The van der Waals surface area contributed by atoms with Gasteiger partial charge in [-0.15, -0.1) is 0 Å². The first kappa shape index (κ1) is 11.8. The predicted molar refractivity (Wildman–Crippen MR) is 71.4 cm³/mol. The molecule has 0 amide bonds. The first-order valence-electron chi connectivity index (χ1n) is 6.58. The zero-order valence-electron chi connectivity index (χ0n) is 10.8. The van der Waals surface area contributed by atoms with Crippen LogP contribution in [0.25, 0.3) is 0 Å². The molecule has 0 N–H and O–H groups in total. The average molecular weight is 248 g/mol. The van der Waals surface area contributed by atoms with E-state index < -0.39 is 0 Å². The molecule has 2 heterocycles. The Bertz CT molecular complexity index is 381. The fourth-order valence-electron chi connectivity index (χ4n) is 2.44. The summed E-state index contributed by atoms with van der Waals surface area (Å²) >= 11 is 0. The van der Waals surface area contributed by atoms with Crippen molar-refractivity contribution in [1.29, 1.82) is 0 Å². The van der Waals surface area contributed by atoms with Gasteiger partial charge in [0.05, 0.1) is 19.8 Å². The molecule has 0 aromatic heterocycles. The molecule has 2 aliphatic rings. The number of anilines is 1. The largest absolute Gasteiger partial charge is 0.497 e. The predicted octanol–water partition coefficient (Wildman–Crippen LogP) is 1.22. The zero-order chi connectivity index (χ0) is 12.4. The van der Waals surface area contributed by atoms with Crippen LogP contribution < -0.4 is 9.64 Å². The van der Waals surface area contributed by atoms with Crippen LogP contribution >= 0.6 is 0 Å². The Labute approximate surface area is 108 Å². The molecule has 2 saturated heterocycles. The summed E-state index contributed by atoms with van der Waals surface area (Å²) in [5.41, 5.74) is 1.29. The van der Waals surface area contributed by atoms with Gasteiger partial charge < -0.3 is 14.4 Å². The van der Waals surface area contributed by atoms with Crippen LogP contribution in [-0.2, 0) is 4.74 Å². The molecule has 2 aliphatic heterocycles. The Morgan fingerprint density at radius 1 is 1.17 bits per heavy atom. The van der Waals surface area contributed by atoms with Gasteiger partial charge in [-0.2, -0.15) is 0 Å². The van der Waals surface area contributed by atoms with Crippen molar-refractivity contribution in [3.63, 3.8) is 0 Å². The van der Waals surface area contributed by atoms with Gasteiger partial charge in [0.1, 0.15) is 5.75 Å². The van der Waals surface area contributed by atoms with E-state index in [9.17, 15) is 0 Å². The van der Waals surface area contributed by atoms with Gasteiger partial charge in [0.25, 0.3) is 0 Å². The van der Waals surface area contributed by atoms with E-state index in [-0.39, 0.29) is 0 Å². The second-order valence-electron chi connectivity index (χ2n) is 4.94. The van der Waals surface area contributed by atoms with E-state index in [4.69, 9.17) is 9.47 Å². The third-order valence-electron chi connectivity index (χ3n) is 3.67. The van der Waals surface area contributed by atoms with E-state index in [2.05, 4.69) is 21.9 Å². The third kappa shape index (κ3) is 2.76. The standard InChI is InChI=1S/C14H20N2O2/c1-17-13-4-2-12(3-5-13)16-8-6-15(7-9-16)10-14-11-18-14/h2-5,14H,6-11H2,1H3. The first-order chi connectivity index (χ1) is 8.85. The van der Waals surface area contributed by atoms with Crippen molar-refractivity contribution in [2.75, 3.05) is 51.3 Å². The number of hydrogen-bond donors (Lipinski definition) is 0. The van der Waals surface area contributed by atoms with Crippen molar-refractivity contribution < 1.29 is 9.47 Å². The summed E-state index contributed by atoms with van der Waals surface area (Å²) in [5.74, 6) is 0.920. The molecule has 0 radical (unpaired) electrons. The number of methoxy groups -OCH3 is 1. The lowest BCUT2D eigenvalue weighted by Gasteiger charge is -2.35. The summed E-state index contributed by atoms with van der Waals surface area (Å²) in [4.78, 5) is 4.93. The molecule has 0 aliphatic carbocycles. The molecular formula is C14H20N2O2. The van der Waals surface area contributed by atoms with Gasteiger partial charge in [-0.25, -0.2) is 0 Å². The summed E-state index contributed by atoms with van der Waals surface area (Å²) in [7, 11) is 1.70. The van der Waals surface area contributed by atoms with Crippen LogP contribution in [0.5, 0.6) is 5.75 Å². The molecule has 18 heavy (non-hydrogen) atoms. The second kappa shape index (κ2) is 5.16. The molecule has 1 atom stereocenters. The summed E-state index contributed by atoms with van der Waals surface area (Å²) in [5, 5.41) is 0. The molecular weight excluding hydrogens is 228 g/mol. The minimum absolute atomic E-state index is 0.512. The highest BCUT2D eigenvalue weighted by Crippen LogP contribution is 2.21. The first-order valence-corrected chi connectivity index (χ1v) is 6.58. The molecule has 2 fully saturated rings. The minimum Gasteiger partial charge on any atom is -0.497 e. The van der Waals surface area contributed by atoms with Crippen molar-refractivity contribution in [1.82, 2.24) is 4.90 Å². The van der Waals surface area contributed by atoms with Crippen molar-refractivity contribution in [3.8, 4) is 5.75 Å². The molecule has 0 spiro atoms. The summed E-state index contributed by atoms with van der Waals surface area (Å²) in [6, 6.07) is 8.33. The van der Waals surface area contributed by atoms with E-state index >= 15 is 0 Å². The maximum atomic E-state index is 5.28. The van der Waals surface area contributed by atoms with Crippen LogP contribution in [0.15, 0.2) is 24.3 Å². The van der Waals surface area contributed by atoms with Crippen molar-refractivity contribution in [2.24, 2.45) is 0 Å². The topological polar surface area (TPSA) is 28.2 Å². The Balaban J connectivity index is 1.54. The van der Waals surface area contributed by atoms with Crippen LogP contribution in [0.1, 0.15) is 0 Å². The van der Waals surface area contributed by atoms with Gasteiger partial charge in [0.15, 0.2) is 0 Å². The SMILES string of the molecule is COc1ccc(N2CCN(CC3CO3)CC2)cc1. The van der Waals surface area contributed by atoms with Gasteiger partial charge in [0, 0.05) is 38.4 Å². The lowest BCUT2D eigenvalue weighted by molar-refractivity contribution is 0.230. The smallest absolute Gasteiger partial charge is 0.119 e. The maximum absolute atomic E-state index is 5.28. The van der Waals surface area contributed by atoms with Crippen LogP contribution in [0, 0.1) is 0 Å². The molecule has 1 aromatic rings. The van der Waals surface area contributed by atoms with Gasteiger partial charge in [0.2, 0.25) is 0 Å².